The quantitative estimate of drug-likeness (QED) is 0.322. The summed E-state index contributed by atoms with van der Waals surface area (Å²) in [6.45, 7) is 0.260. The van der Waals surface area contributed by atoms with E-state index in [9.17, 15) is 14.4 Å². The van der Waals surface area contributed by atoms with Crippen LogP contribution >= 0.6 is 23.4 Å². The molecular weight excluding hydrogens is 466 g/mol. The number of carbonyl (C=O) groups is 3. The van der Waals surface area contributed by atoms with Gasteiger partial charge in [-0.25, -0.2) is 4.79 Å². The fourth-order valence-corrected chi connectivity index (χ4v) is 4.08. The molecule has 33 heavy (non-hydrogen) atoms. The van der Waals surface area contributed by atoms with Crippen LogP contribution in [0.25, 0.3) is 6.08 Å². The van der Waals surface area contributed by atoms with Crippen LogP contribution in [0.15, 0.2) is 70.0 Å². The summed E-state index contributed by atoms with van der Waals surface area (Å²) < 4.78 is 15.7. The lowest BCUT2D eigenvalue weighted by molar-refractivity contribution is -0.123. The normalized spacial score (nSPS) is 14.7. The van der Waals surface area contributed by atoms with E-state index in [0.29, 0.717) is 28.0 Å². The monoisotopic (exact) mass is 483 g/mol. The molecule has 2 aromatic carbocycles. The highest BCUT2D eigenvalue weighted by Gasteiger charge is 2.35. The van der Waals surface area contributed by atoms with Crippen LogP contribution < -0.4 is 4.74 Å². The van der Waals surface area contributed by atoms with E-state index in [1.54, 1.807) is 36.4 Å². The van der Waals surface area contributed by atoms with Crippen LogP contribution in [-0.2, 0) is 22.7 Å². The van der Waals surface area contributed by atoms with Gasteiger partial charge in [0.15, 0.2) is 0 Å². The van der Waals surface area contributed by atoms with E-state index < -0.39 is 17.1 Å². The molecule has 3 aromatic rings. The number of nitrogens with zero attached hydrogens (tertiary/aromatic N) is 1. The number of furan rings is 1. The minimum atomic E-state index is -0.630. The van der Waals surface area contributed by atoms with E-state index in [1.165, 1.54) is 19.2 Å². The zero-order valence-electron chi connectivity index (χ0n) is 17.4. The number of carbonyl (C=O) groups excluding carboxylic acids is 3. The molecule has 4 rings (SSSR count). The number of halogens is 1. The third-order valence-electron chi connectivity index (χ3n) is 4.77. The molecule has 0 bridgehead atoms. The molecule has 0 unspecified atom stereocenters. The Morgan fingerprint density at radius 3 is 2.58 bits per heavy atom. The van der Waals surface area contributed by atoms with E-state index in [-0.39, 0.29) is 12.3 Å². The molecule has 1 saturated heterocycles. The smallest absolute Gasteiger partial charge is 0.373 e. The molecular formula is C24H18ClNO6S. The van der Waals surface area contributed by atoms with Gasteiger partial charge in [-0.1, -0.05) is 41.9 Å². The summed E-state index contributed by atoms with van der Waals surface area (Å²) in [4.78, 5) is 37.9. The second kappa shape index (κ2) is 9.97. The number of thioether (sulfide) groups is 1. The largest absolute Gasteiger partial charge is 0.489 e. The van der Waals surface area contributed by atoms with Crippen molar-refractivity contribution < 1.29 is 28.3 Å². The van der Waals surface area contributed by atoms with Crippen LogP contribution in [0.1, 0.15) is 27.4 Å². The van der Waals surface area contributed by atoms with E-state index in [1.807, 2.05) is 18.2 Å². The molecule has 0 spiro atoms. The Balaban J connectivity index is 1.40. The molecule has 168 valence electrons. The molecule has 0 N–H and O–H groups in total. The molecule has 0 atom stereocenters. The van der Waals surface area contributed by atoms with Crippen LogP contribution in [0, 0.1) is 0 Å². The first-order valence-electron chi connectivity index (χ1n) is 9.83. The molecule has 9 heteroatoms. The number of hydrogen-bond donors (Lipinski definition) is 0. The number of ether oxygens (including phenoxy) is 2. The summed E-state index contributed by atoms with van der Waals surface area (Å²) in [5, 5.41) is 0.225. The maximum atomic E-state index is 12.7. The van der Waals surface area contributed by atoms with Gasteiger partial charge in [-0.05, 0) is 53.7 Å². The zero-order chi connectivity index (χ0) is 23.4. The Morgan fingerprint density at radius 1 is 1.09 bits per heavy atom. The highest BCUT2D eigenvalue weighted by atomic mass is 35.5. The van der Waals surface area contributed by atoms with Crippen molar-refractivity contribution in [1.29, 1.82) is 0 Å². The summed E-state index contributed by atoms with van der Waals surface area (Å²) in [5.74, 6) is -0.0973. The van der Waals surface area contributed by atoms with Crippen molar-refractivity contribution in [3.8, 4) is 5.75 Å². The van der Waals surface area contributed by atoms with Crippen molar-refractivity contribution in [3.63, 3.8) is 0 Å². The average Bonchev–Trinajstić information content (AvgIpc) is 3.39. The fourth-order valence-electron chi connectivity index (χ4n) is 3.05. The minimum absolute atomic E-state index is 0.00635. The summed E-state index contributed by atoms with van der Waals surface area (Å²) in [6, 6.07) is 17.6. The Morgan fingerprint density at radius 2 is 1.85 bits per heavy atom. The first-order chi connectivity index (χ1) is 15.9. The number of esters is 1. The van der Waals surface area contributed by atoms with Crippen LogP contribution in [0.3, 0.4) is 0 Å². The van der Waals surface area contributed by atoms with Crippen molar-refractivity contribution in [2.24, 2.45) is 0 Å². The van der Waals surface area contributed by atoms with E-state index >= 15 is 0 Å². The van der Waals surface area contributed by atoms with Crippen molar-refractivity contribution >= 4 is 46.6 Å². The molecule has 7 nitrogen and oxygen atoms in total. The van der Waals surface area contributed by atoms with Crippen molar-refractivity contribution in [2.75, 3.05) is 7.11 Å². The highest BCUT2D eigenvalue weighted by molar-refractivity contribution is 8.18. The van der Waals surface area contributed by atoms with Crippen LogP contribution in [0.5, 0.6) is 5.75 Å². The van der Waals surface area contributed by atoms with Gasteiger partial charge < -0.3 is 13.9 Å². The number of imide groups is 1. The van der Waals surface area contributed by atoms with Gasteiger partial charge in [0.1, 0.15) is 18.1 Å². The summed E-state index contributed by atoms with van der Waals surface area (Å²) in [7, 11) is 1.24. The fraction of sp³-hybridized carbons (Fsp3) is 0.125. The molecule has 1 aromatic heterocycles. The SMILES string of the molecule is COC(=O)c1ccc(CN2C(=O)S/C(=C/c3ccc(OCc4ccccc4Cl)cc3)C2=O)o1. The van der Waals surface area contributed by atoms with Crippen molar-refractivity contribution in [3.05, 3.63) is 93.2 Å². The second-order valence-corrected chi connectivity index (χ2v) is 8.37. The van der Waals surface area contributed by atoms with Gasteiger partial charge in [0.25, 0.3) is 11.1 Å². The number of rotatable bonds is 7. The number of amides is 2. The minimum Gasteiger partial charge on any atom is -0.489 e. The average molecular weight is 484 g/mol. The highest BCUT2D eigenvalue weighted by Crippen LogP contribution is 2.33. The van der Waals surface area contributed by atoms with Gasteiger partial charge in [-0.2, -0.15) is 0 Å². The summed E-state index contributed by atoms with van der Waals surface area (Å²) in [6.07, 6.45) is 1.64. The summed E-state index contributed by atoms with van der Waals surface area (Å²) >= 11 is 6.99. The number of methoxy groups -OCH3 is 1. The number of hydrogen-bond acceptors (Lipinski definition) is 7. The van der Waals surface area contributed by atoms with Gasteiger partial charge in [0, 0.05) is 10.6 Å². The molecule has 1 aliphatic heterocycles. The number of benzene rings is 2. The molecule has 0 saturated carbocycles. The zero-order valence-corrected chi connectivity index (χ0v) is 19.0. The maximum Gasteiger partial charge on any atom is 0.373 e. The Hall–Kier alpha value is -3.49. The van der Waals surface area contributed by atoms with Gasteiger partial charge in [0.05, 0.1) is 18.6 Å². The third kappa shape index (κ3) is 5.30. The van der Waals surface area contributed by atoms with Gasteiger partial charge in [-0.15, -0.1) is 0 Å². The van der Waals surface area contributed by atoms with E-state index in [2.05, 4.69) is 4.74 Å². The Kier molecular flexibility index (Phi) is 6.86. The predicted octanol–water partition coefficient (Wildman–Crippen LogP) is 5.54. The van der Waals surface area contributed by atoms with Crippen molar-refractivity contribution in [1.82, 2.24) is 4.90 Å². The van der Waals surface area contributed by atoms with E-state index in [0.717, 1.165) is 27.8 Å². The second-order valence-electron chi connectivity index (χ2n) is 6.97. The lowest BCUT2D eigenvalue weighted by atomic mass is 10.2. The first-order valence-corrected chi connectivity index (χ1v) is 11.0. The van der Waals surface area contributed by atoms with Gasteiger partial charge in [0.2, 0.25) is 5.76 Å². The van der Waals surface area contributed by atoms with Crippen molar-refractivity contribution in [2.45, 2.75) is 13.2 Å². The predicted molar refractivity (Wildman–Crippen MR) is 124 cm³/mol. The molecule has 0 aliphatic carbocycles. The molecule has 0 radical (unpaired) electrons. The Labute approximate surface area is 198 Å². The van der Waals surface area contributed by atoms with Crippen LogP contribution in [0.2, 0.25) is 5.02 Å². The topological polar surface area (TPSA) is 86.0 Å². The third-order valence-corrected chi connectivity index (χ3v) is 6.04. The van der Waals surface area contributed by atoms with Gasteiger partial charge >= 0.3 is 5.97 Å². The van der Waals surface area contributed by atoms with Crippen LogP contribution in [0.4, 0.5) is 4.79 Å². The van der Waals surface area contributed by atoms with Crippen LogP contribution in [-0.4, -0.2) is 29.1 Å². The molecule has 1 fully saturated rings. The Bertz CT molecular complexity index is 1230. The standard InChI is InChI=1S/C24H18ClNO6S/c1-30-23(28)20-11-10-18(32-20)13-26-22(27)21(33-24(26)29)12-15-6-8-17(9-7-15)31-14-16-4-2-3-5-19(16)25/h2-12H,13-14H2,1H3/b21-12+. The lowest BCUT2D eigenvalue weighted by Crippen LogP contribution is -2.27. The molecule has 2 heterocycles. The first kappa shape index (κ1) is 22.7. The van der Waals surface area contributed by atoms with Gasteiger partial charge in [-0.3, -0.25) is 14.5 Å². The molecule has 1 aliphatic rings. The van der Waals surface area contributed by atoms with E-state index in [4.69, 9.17) is 20.8 Å². The lowest BCUT2D eigenvalue weighted by Gasteiger charge is -2.10. The maximum absolute atomic E-state index is 12.7. The molecule has 2 amide bonds. The summed E-state index contributed by atoms with van der Waals surface area (Å²) in [5.41, 5.74) is 1.63.